The third-order valence-electron chi connectivity index (χ3n) is 3.35. The first kappa shape index (κ1) is 21.1. The Balaban J connectivity index is 3.97. The van der Waals surface area contributed by atoms with Crippen molar-refractivity contribution in [2.45, 2.75) is 64.0 Å². The largest absolute Gasteiger partial charge is 0.307 e. The van der Waals surface area contributed by atoms with Gasteiger partial charge in [0, 0.05) is 38.5 Å². The molecule has 4 N–H and O–H groups in total. The van der Waals surface area contributed by atoms with E-state index in [4.69, 9.17) is 11.5 Å². The second kappa shape index (κ2) is 10.7. The summed E-state index contributed by atoms with van der Waals surface area (Å²) in [5.41, 5.74) is 9.73. The van der Waals surface area contributed by atoms with Crippen molar-refractivity contribution < 1.29 is 19.2 Å². The summed E-state index contributed by atoms with van der Waals surface area (Å²) < 4.78 is 0. The van der Waals surface area contributed by atoms with Gasteiger partial charge in [0.25, 0.3) is 0 Å². The number of rotatable bonds is 13. The normalized spacial score (nSPS) is 11.3. The van der Waals surface area contributed by atoms with Crippen LogP contribution >= 0.6 is 15.9 Å². The van der Waals surface area contributed by atoms with Crippen LogP contribution in [0.15, 0.2) is 0 Å². The van der Waals surface area contributed by atoms with Crippen LogP contribution in [0.25, 0.3) is 0 Å². The van der Waals surface area contributed by atoms with Crippen LogP contribution in [-0.2, 0) is 19.2 Å². The van der Waals surface area contributed by atoms with Crippen molar-refractivity contribution in [3.05, 3.63) is 0 Å². The average molecular weight is 377 g/mol. The van der Waals surface area contributed by atoms with E-state index in [1.54, 1.807) is 0 Å². The molecule has 0 heterocycles. The highest BCUT2D eigenvalue weighted by Crippen LogP contribution is 2.10. The Bertz CT molecular complexity index is 422. The summed E-state index contributed by atoms with van der Waals surface area (Å²) >= 11 is 2.98. The summed E-state index contributed by atoms with van der Waals surface area (Å²) in [6.07, 6.45) is 2.03. The lowest BCUT2D eigenvalue weighted by Gasteiger charge is -2.21. The van der Waals surface area contributed by atoms with Crippen molar-refractivity contribution in [2.75, 3.05) is 5.33 Å². The van der Waals surface area contributed by atoms with E-state index in [-0.39, 0.29) is 67.0 Å². The van der Waals surface area contributed by atoms with E-state index in [0.29, 0.717) is 6.42 Å². The summed E-state index contributed by atoms with van der Waals surface area (Å²) in [6, 6.07) is 0. The van der Waals surface area contributed by atoms with Gasteiger partial charge in [0.05, 0.1) is 5.33 Å². The van der Waals surface area contributed by atoms with Gasteiger partial charge in [-0.05, 0) is 12.8 Å². The van der Waals surface area contributed by atoms with Crippen molar-refractivity contribution in [2.24, 2.45) is 11.5 Å². The molecule has 0 unspecified atom stereocenters. The molecule has 0 amide bonds. The number of ketones is 4. The van der Waals surface area contributed by atoms with Gasteiger partial charge in [-0.3, -0.25) is 19.2 Å². The molecule has 126 valence electrons. The SMILES string of the molecule is CCCC(=O)CCC(=O)CCC(=O)CCC(N)(N)C(=O)CBr. The first-order valence-electron chi connectivity index (χ1n) is 7.45. The molecule has 0 radical (unpaired) electrons. The lowest BCUT2D eigenvalue weighted by Crippen LogP contribution is -2.57. The van der Waals surface area contributed by atoms with Crippen LogP contribution in [0.2, 0.25) is 0 Å². The van der Waals surface area contributed by atoms with Gasteiger partial charge in [0.1, 0.15) is 23.0 Å². The van der Waals surface area contributed by atoms with Crippen LogP contribution < -0.4 is 11.5 Å². The summed E-state index contributed by atoms with van der Waals surface area (Å²) in [4.78, 5) is 46.0. The van der Waals surface area contributed by atoms with Crippen molar-refractivity contribution in [3.8, 4) is 0 Å². The average Bonchev–Trinajstić information content (AvgIpc) is 2.48. The van der Waals surface area contributed by atoms with Crippen molar-refractivity contribution in [1.29, 1.82) is 0 Å². The number of carbonyl (C=O) groups excluding carboxylic acids is 4. The first-order valence-corrected chi connectivity index (χ1v) is 8.57. The third kappa shape index (κ3) is 9.17. The minimum atomic E-state index is -1.52. The van der Waals surface area contributed by atoms with Gasteiger partial charge in [-0.25, -0.2) is 0 Å². The van der Waals surface area contributed by atoms with Gasteiger partial charge in [0.15, 0.2) is 5.78 Å². The Morgan fingerprint density at radius 1 is 0.818 bits per heavy atom. The second-order valence-corrected chi connectivity index (χ2v) is 6.02. The monoisotopic (exact) mass is 376 g/mol. The van der Waals surface area contributed by atoms with Gasteiger partial charge in [0.2, 0.25) is 0 Å². The third-order valence-corrected chi connectivity index (χ3v) is 3.86. The zero-order valence-electron chi connectivity index (χ0n) is 13.0. The molecule has 0 aromatic heterocycles. The van der Waals surface area contributed by atoms with Crippen LogP contribution in [0.4, 0.5) is 0 Å². The molecule has 0 atom stereocenters. The number of nitrogens with two attached hydrogens (primary N) is 2. The zero-order valence-corrected chi connectivity index (χ0v) is 14.6. The van der Waals surface area contributed by atoms with Gasteiger partial charge in [-0.2, -0.15) is 0 Å². The van der Waals surface area contributed by atoms with E-state index in [9.17, 15) is 19.2 Å². The van der Waals surface area contributed by atoms with Crippen LogP contribution in [0.1, 0.15) is 58.3 Å². The number of alkyl halides is 1. The first-order chi connectivity index (χ1) is 10.2. The summed E-state index contributed by atoms with van der Waals surface area (Å²) in [6.45, 7) is 1.91. The topological polar surface area (TPSA) is 120 Å². The Morgan fingerprint density at radius 3 is 1.64 bits per heavy atom. The van der Waals surface area contributed by atoms with Crippen LogP contribution in [0.5, 0.6) is 0 Å². The Kier molecular flexibility index (Phi) is 10.3. The molecular formula is C15H25BrN2O4. The molecule has 0 saturated carbocycles. The van der Waals surface area contributed by atoms with Crippen LogP contribution in [0, 0.1) is 0 Å². The minimum absolute atomic E-state index is 0.0401. The van der Waals surface area contributed by atoms with Crippen LogP contribution in [0.3, 0.4) is 0 Å². The van der Waals surface area contributed by atoms with Gasteiger partial charge in [-0.1, -0.05) is 22.9 Å². The van der Waals surface area contributed by atoms with E-state index in [2.05, 4.69) is 15.9 Å². The molecule has 0 saturated heterocycles. The summed E-state index contributed by atoms with van der Waals surface area (Å²) in [7, 11) is 0. The quantitative estimate of drug-likeness (QED) is 0.370. The highest BCUT2D eigenvalue weighted by atomic mass is 79.9. The fourth-order valence-electron chi connectivity index (χ4n) is 1.82. The molecule has 7 heteroatoms. The molecule has 22 heavy (non-hydrogen) atoms. The highest BCUT2D eigenvalue weighted by Gasteiger charge is 2.28. The number of Topliss-reactive ketones (excluding diaryl/α,β-unsaturated/α-hetero) is 4. The molecule has 0 spiro atoms. The second-order valence-electron chi connectivity index (χ2n) is 5.46. The fraction of sp³-hybridized carbons (Fsp3) is 0.733. The fourth-order valence-corrected chi connectivity index (χ4v) is 2.34. The molecular weight excluding hydrogens is 352 g/mol. The number of hydrogen-bond acceptors (Lipinski definition) is 6. The Labute approximate surface area is 139 Å². The molecule has 6 nitrogen and oxygen atoms in total. The van der Waals surface area contributed by atoms with Crippen molar-refractivity contribution >= 4 is 39.1 Å². The molecule has 0 aliphatic carbocycles. The molecule has 0 rings (SSSR count). The molecule has 0 fully saturated rings. The Hall–Kier alpha value is -0.920. The standard InChI is InChI=1S/C15H25BrN2O4/c1-2-3-11(19)4-5-12(20)6-7-13(21)8-9-15(17,18)14(22)10-16/h2-10,17-18H2,1H3. The lowest BCUT2D eigenvalue weighted by molar-refractivity contribution is -0.126. The van der Waals surface area contributed by atoms with E-state index in [1.165, 1.54) is 0 Å². The van der Waals surface area contributed by atoms with Crippen molar-refractivity contribution in [3.63, 3.8) is 0 Å². The molecule has 0 aromatic rings. The molecule has 0 aliphatic rings. The number of halogens is 1. The number of carbonyl (C=O) groups is 4. The van der Waals surface area contributed by atoms with E-state index >= 15 is 0 Å². The maximum Gasteiger partial charge on any atom is 0.177 e. The smallest absolute Gasteiger partial charge is 0.177 e. The predicted octanol–water partition coefficient (Wildman–Crippen LogP) is 1.41. The predicted molar refractivity (Wildman–Crippen MR) is 87.5 cm³/mol. The molecule has 0 bridgehead atoms. The van der Waals surface area contributed by atoms with E-state index in [0.717, 1.165) is 6.42 Å². The van der Waals surface area contributed by atoms with Gasteiger partial charge < -0.3 is 11.5 Å². The zero-order chi connectivity index (χ0) is 17.2. The van der Waals surface area contributed by atoms with E-state index in [1.807, 2.05) is 6.92 Å². The van der Waals surface area contributed by atoms with E-state index < -0.39 is 5.66 Å². The van der Waals surface area contributed by atoms with Crippen LogP contribution in [-0.4, -0.2) is 34.1 Å². The Morgan fingerprint density at radius 2 is 1.23 bits per heavy atom. The molecule has 0 aromatic carbocycles. The van der Waals surface area contributed by atoms with Gasteiger partial charge in [-0.15, -0.1) is 0 Å². The highest BCUT2D eigenvalue weighted by molar-refractivity contribution is 9.09. The van der Waals surface area contributed by atoms with Crippen molar-refractivity contribution in [1.82, 2.24) is 0 Å². The maximum atomic E-state index is 11.7. The number of hydrogen-bond donors (Lipinski definition) is 2. The minimum Gasteiger partial charge on any atom is -0.307 e. The summed E-state index contributed by atoms with van der Waals surface area (Å²) in [5.74, 6) is -0.547. The lowest BCUT2D eigenvalue weighted by atomic mass is 9.97. The maximum absolute atomic E-state index is 11.7. The van der Waals surface area contributed by atoms with Gasteiger partial charge >= 0.3 is 0 Å². The summed E-state index contributed by atoms with van der Waals surface area (Å²) in [5, 5.41) is 0.0401. The molecule has 0 aliphatic heterocycles.